The van der Waals surface area contributed by atoms with Crippen LogP contribution in [-0.4, -0.2) is 40.4 Å². The fraction of sp³-hybridized carbons (Fsp3) is 0.105. The number of nitrogens with one attached hydrogen (secondary N) is 1. The summed E-state index contributed by atoms with van der Waals surface area (Å²) in [6, 6.07) is 10.1. The minimum Gasteiger partial charge on any atom is -0.382 e. The molecule has 0 fully saturated rings. The van der Waals surface area contributed by atoms with Gasteiger partial charge in [0.2, 0.25) is 5.91 Å². The molecular weight excluding hydrogens is 548 g/mol. The first-order valence-electron chi connectivity index (χ1n) is 9.79. The fourth-order valence-corrected chi connectivity index (χ4v) is 3.96. The molecule has 0 bridgehead atoms. The molecule has 3 rings (SSSR count). The summed E-state index contributed by atoms with van der Waals surface area (Å²) >= 11 is 1.95. The molecule has 194 valence electrons. The molecule has 1 amide bonds. The van der Waals surface area contributed by atoms with E-state index in [0.717, 1.165) is 18.1 Å². The third kappa shape index (κ3) is 7.98. The maximum absolute atomic E-state index is 12.0. The smallest absolute Gasteiger partial charge is 0.296 e. The monoisotopic (exact) mass is 566 g/mol. The largest absolute Gasteiger partial charge is 0.382 e. The molecule has 1 heterocycles. The lowest BCUT2D eigenvalue weighted by molar-refractivity contribution is -0.432. The standard InChI is InChI=1S/C19H18N8O7S3/c1-10(28)21-18-16(17(20)22-19(23-18)35-2)27-26-14-8-5-12(9-15(14)37(30,31)32)25-24-11-3-6-13(7-4-11)36-34-33-29/h3-9,29H,1-2H3,(H,30,31,32)(H3,20,21,22,23,28)/b25-24+,27-26+. The van der Waals surface area contributed by atoms with Crippen molar-refractivity contribution in [1.82, 2.24) is 9.97 Å². The number of rotatable bonds is 10. The van der Waals surface area contributed by atoms with Crippen LogP contribution in [0.15, 0.2) is 77.9 Å². The molecule has 0 atom stereocenters. The second-order valence-corrected chi connectivity index (χ2v) is 9.66. The summed E-state index contributed by atoms with van der Waals surface area (Å²) < 4.78 is 38.1. The average molecular weight is 567 g/mol. The van der Waals surface area contributed by atoms with Crippen molar-refractivity contribution in [2.24, 2.45) is 20.5 Å². The Balaban J connectivity index is 1.92. The molecule has 1 aromatic heterocycles. The van der Waals surface area contributed by atoms with Crippen LogP contribution in [-0.2, 0) is 24.3 Å². The Morgan fingerprint density at radius 2 is 1.73 bits per heavy atom. The van der Waals surface area contributed by atoms with Crippen LogP contribution in [0.4, 0.5) is 34.4 Å². The zero-order valence-electron chi connectivity index (χ0n) is 19.0. The van der Waals surface area contributed by atoms with Crippen LogP contribution >= 0.6 is 23.8 Å². The van der Waals surface area contributed by atoms with E-state index in [1.165, 1.54) is 30.8 Å². The molecule has 15 nitrogen and oxygen atoms in total. The van der Waals surface area contributed by atoms with Gasteiger partial charge in [-0.15, -0.1) is 14.6 Å². The van der Waals surface area contributed by atoms with Gasteiger partial charge in [0.25, 0.3) is 10.1 Å². The van der Waals surface area contributed by atoms with Crippen molar-refractivity contribution in [2.45, 2.75) is 21.9 Å². The van der Waals surface area contributed by atoms with Crippen LogP contribution in [0, 0.1) is 0 Å². The summed E-state index contributed by atoms with van der Waals surface area (Å²) in [4.78, 5) is 19.7. The van der Waals surface area contributed by atoms with Crippen molar-refractivity contribution in [2.75, 3.05) is 17.3 Å². The lowest BCUT2D eigenvalue weighted by atomic mass is 10.3. The Kier molecular flexibility index (Phi) is 9.58. The molecule has 2 aromatic carbocycles. The highest BCUT2D eigenvalue weighted by Gasteiger charge is 2.18. The molecule has 3 aromatic rings. The first-order valence-corrected chi connectivity index (χ1v) is 13.2. The van der Waals surface area contributed by atoms with Crippen LogP contribution in [0.5, 0.6) is 0 Å². The summed E-state index contributed by atoms with van der Waals surface area (Å²) in [5.41, 5.74) is 6.09. The van der Waals surface area contributed by atoms with Gasteiger partial charge in [-0.25, -0.2) is 15.2 Å². The summed E-state index contributed by atoms with van der Waals surface area (Å²) in [6.07, 6.45) is 1.71. The third-order valence-corrected chi connectivity index (χ3v) is 6.15. The number of hydrogen-bond donors (Lipinski definition) is 4. The van der Waals surface area contributed by atoms with Gasteiger partial charge in [-0.2, -0.15) is 18.6 Å². The molecule has 0 unspecified atom stereocenters. The first-order chi connectivity index (χ1) is 17.6. The Morgan fingerprint density at radius 1 is 1.05 bits per heavy atom. The predicted octanol–water partition coefficient (Wildman–Crippen LogP) is 5.24. The Bertz CT molecular complexity index is 1450. The maximum Gasteiger partial charge on any atom is 0.296 e. The zero-order valence-corrected chi connectivity index (χ0v) is 21.4. The quantitative estimate of drug-likeness (QED) is 0.0470. The van der Waals surface area contributed by atoms with E-state index >= 15 is 0 Å². The van der Waals surface area contributed by atoms with E-state index in [9.17, 15) is 17.8 Å². The number of carbonyl (C=O) groups excluding carboxylic acids is 1. The van der Waals surface area contributed by atoms with Crippen molar-refractivity contribution < 1.29 is 32.4 Å². The second kappa shape index (κ2) is 12.6. The highest BCUT2D eigenvalue weighted by atomic mass is 32.2. The number of azo groups is 2. The molecule has 0 saturated carbocycles. The number of nitrogens with two attached hydrogens (primary N) is 1. The number of carbonyl (C=O) groups is 1. The summed E-state index contributed by atoms with van der Waals surface area (Å²) in [5, 5.41) is 30.2. The number of anilines is 2. The van der Waals surface area contributed by atoms with E-state index in [2.05, 4.69) is 45.1 Å². The van der Waals surface area contributed by atoms with Crippen molar-refractivity contribution in [3.05, 3.63) is 42.5 Å². The molecule has 0 saturated heterocycles. The molecule has 0 aliphatic heterocycles. The minimum absolute atomic E-state index is 0.0215. The van der Waals surface area contributed by atoms with Gasteiger partial charge in [0.1, 0.15) is 10.6 Å². The van der Waals surface area contributed by atoms with E-state index in [1.807, 2.05) is 0 Å². The second-order valence-electron chi connectivity index (χ2n) is 6.72. The molecule has 0 radical (unpaired) electrons. The van der Waals surface area contributed by atoms with Gasteiger partial charge in [0.15, 0.2) is 22.5 Å². The molecule has 0 aliphatic carbocycles. The lowest BCUT2D eigenvalue weighted by Gasteiger charge is -2.08. The van der Waals surface area contributed by atoms with Crippen molar-refractivity contribution in [3.8, 4) is 0 Å². The van der Waals surface area contributed by atoms with Crippen molar-refractivity contribution >= 4 is 74.2 Å². The Labute approximate surface area is 218 Å². The van der Waals surface area contributed by atoms with Gasteiger partial charge in [-0.05, 0) is 48.7 Å². The summed E-state index contributed by atoms with van der Waals surface area (Å²) in [7, 11) is -4.75. The zero-order chi connectivity index (χ0) is 27.0. The van der Waals surface area contributed by atoms with Crippen LogP contribution in [0.3, 0.4) is 0 Å². The van der Waals surface area contributed by atoms with Gasteiger partial charge >= 0.3 is 0 Å². The molecule has 0 spiro atoms. The topological polar surface area (TPSA) is 223 Å². The Morgan fingerprint density at radius 3 is 2.35 bits per heavy atom. The van der Waals surface area contributed by atoms with Crippen molar-refractivity contribution in [3.63, 3.8) is 0 Å². The van der Waals surface area contributed by atoms with E-state index in [0.29, 0.717) is 10.6 Å². The minimum atomic E-state index is -4.75. The highest BCUT2D eigenvalue weighted by Crippen LogP contribution is 2.35. The molecule has 37 heavy (non-hydrogen) atoms. The van der Waals surface area contributed by atoms with Crippen LogP contribution < -0.4 is 11.1 Å². The van der Waals surface area contributed by atoms with Gasteiger partial charge in [-0.3, -0.25) is 9.35 Å². The number of benzene rings is 2. The lowest BCUT2D eigenvalue weighted by Crippen LogP contribution is -2.10. The molecular formula is C19H18N8O7S3. The van der Waals surface area contributed by atoms with Crippen molar-refractivity contribution in [1.29, 1.82) is 0 Å². The average Bonchev–Trinajstić information content (AvgIpc) is 2.85. The van der Waals surface area contributed by atoms with Crippen LogP contribution in [0.1, 0.15) is 6.92 Å². The first kappa shape index (κ1) is 28.1. The van der Waals surface area contributed by atoms with Gasteiger partial charge in [0.05, 0.1) is 23.4 Å². The van der Waals surface area contributed by atoms with E-state index < -0.39 is 20.9 Å². The van der Waals surface area contributed by atoms with E-state index in [1.54, 1.807) is 30.5 Å². The SMILES string of the molecule is CSc1nc(N)c(/N=N/c2ccc(/N=N/c3ccc(SOOO)cc3)cc2S(=O)(=O)O)c(NC(C)=O)n1. The van der Waals surface area contributed by atoms with Gasteiger partial charge < -0.3 is 11.1 Å². The number of hydrogen-bond acceptors (Lipinski definition) is 15. The van der Waals surface area contributed by atoms with Gasteiger partial charge in [0, 0.05) is 11.8 Å². The summed E-state index contributed by atoms with van der Waals surface area (Å²) in [6.45, 7) is 1.26. The fourth-order valence-electron chi connectivity index (χ4n) is 2.59. The maximum atomic E-state index is 12.0. The molecule has 5 N–H and O–H groups in total. The number of aromatic nitrogens is 2. The molecule has 0 aliphatic rings. The van der Waals surface area contributed by atoms with Crippen LogP contribution in [0.2, 0.25) is 0 Å². The van der Waals surface area contributed by atoms with Crippen LogP contribution in [0.25, 0.3) is 0 Å². The highest BCUT2D eigenvalue weighted by molar-refractivity contribution is 7.98. The number of nitrogen functional groups attached to an aromatic ring is 1. The number of thioether (sulfide) groups is 1. The van der Waals surface area contributed by atoms with E-state index in [-0.39, 0.29) is 33.9 Å². The van der Waals surface area contributed by atoms with E-state index in [4.69, 9.17) is 11.0 Å². The third-order valence-electron chi connectivity index (χ3n) is 4.12. The number of nitrogens with zero attached hydrogens (tertiary/aromatic N) is 6. The summed E-state index contributed by atoms with van der Waals surface area (Å²) in [5.74, 6) is -0.576. The molecule has 18 heteroatoms. The Hall–Kier alpha value is -3.52. The number of amides is 1. The normalized spacial score (nSPS) is 11.9. The van der Waals surface area contributed by atoms with Gasteiger partial charge in [-0.1, -0.05) is 16.8 Å². The predicted molar refractivity (Wildman–Crippen MR) is 134 cm³/mol.